The first-order chi connectivity index (χ1) is 39.1. The summed E-state index contributed by atoms with van der Waals surface area (Å²) in [7, 11) is 1.67. The molecule has 1 aromatic heterocycles. The smallest absolute Gasteiger partial charge is 0.243 e. The molecule has 1 aromatic rings. The van der Waals surface area contributed by atoms with E-state index in [0.717, 1.165) is 0 Å². The lowest BCUT2D eigenvalue weighted by molar-refractivity contribution is -0.671. The SMILES string of the molecule is C[n+]1ccn(C[C@H]2O[C@@H]3O[C@H]4[C@H](O)[C@@H](O)[C@@H](O[C@H]5[C@H](O)[C@@H](O)[C@@H](O[C@H]6[C@H](O)[C@@H](O)[C@@H](O[C@H]7[C@H](O)[C@@H](O)[C@@H](O[C@H]8[C@H](O)[C@@H](O)[C@@H](O[C@H]9[C@H](O)[C@@H](O)[C@@H](O[C@H]2[C@H](O)[C@H]3O)O[C@@H]9CO)O[C@@H]8CO)O[C@@H]7CO)O[C@@H]6CO)O[C@@H]5CO)O[C@@H]4CO)c1. The van der Waals surface area contributed by atoms with Gasteiger partial charge in [-0.15, -0.1) is 0 Å². The quantitative estimate of drug-likeness (QED) is 0.107. The number of aliphatic hydroxyl groups excluding tert-OH is 20. The maximum Gasteiger partial charge on any atom is 0.243 e. The number of imidazole rings is 1. The number of rotatable bonds is 8. The first-order valence-corrected chi connectivity index (χ1v) is 26.4. The Morgan fingerprint density at radius 2 is 0.463 bits per heavy atom. The second kappa shape index (κ2) is 27.1. The minimum atomic E-state index is -2.20. The standard InChI is InChI=1S/C46H75N2O34/c1-47-2-3-48(11-47)4-12-33-19(55)26(62)40(69-12)77-34-13(5-49)71-42(28(64)21(34)57)79-36-15(7-51)73-44(30(66)23(36)59)81-38-17(9-53)75-46(32(68)25(38)61)82-39-18(10-54)74-45(31(67)24(39)60)80-37-16(8-52)72-43(29(65)22(37)58)78-35-14(6-50)70-41(76-33)27(63)20(35)56/h2-3,11-46,49-68H,4-10H2,1H3/q+1/t12-,13-,14-,15-,16-,17-,18-,19-,20-,21-,22-,23-,24-,25-,26-,27-,28-,29-,30-,31-,32-,33-,34-,35-,36-,37-,38-,39-,40-,41-,42-,43-,44-,45-,46-/m1/s1. The molecule has 21 aliphatic heterocycles. The topological polar surface area (TPSA) is 543 Å². The summed E-state index contributed by atoms with van der Waals surface area (Å²) in [4.78, 5) is 0. The van der Waals surface area contributed by atoms with E-state index in [1.807, 2.05) is 0 Å². The second-order valence-corrected chi connectivity index (χ2v) is 21.2. The molecule has 0 amide bonds. The molecule has 0 aromatic carbocycles. The van der Waals surface area contributed by atoms with E-state index in [2.05, 4.69) is 0 Å². The summed E-state index contributed by atoms with van der Waals surface area (Å²) >= 11 is 0. The van der Waals surface area contributed by atoms with Crippen molar-refractivity contribution >= 4 is 0 Å². The van der Waals surface area contributed by atoms with Crippen LogP contribution in [0.4, 0.5) is 0 Å². The molecule has 0 unspecified atom stereocenters. The van der Waals surface area contributed by atoms with E-state index in [1.165, 1.54) is 4.57 Å². The van der Waals surface area contributed by atoms with Gasteiger partial charge in [-0.25, -0.2) is 9.13 Å². The molecular weight excluding hydrogens is 1120 g/mol. The molecule has 0 saturated carbocycles. The highest BCUT2D eigenvalue weighted by Crippen LogP contribution is 2.39. The molecule has 22 heterocycles. The molecule has 82 heavy (non-hydrogen) atoms. The zero-order valence-corrected chi connectivity index (χ0v) is 43.4. The van der Waals surface area contributed by atoms with Crippen LogP contribution in [0, 0.1) is 0 Å². The summed E-state index contributed by atoms with van der Waals surface area (Å²) in [5.74, 6) is 0. The van der Waals surface area contributed by atoms with Gasteiger partial charge in [-0.3, -0.25) is 0 Å². The molecule has 21 fully saturated rings. The van der Waals surface area contributed by atoms with Crippen LogP contribution >= 0.6 is 0 Å². The number of hydrogen-bond donors (Lipinski definition) is 20. The van der Waals surface area contributed by atoms with Gasteiger partial charge in [0.25, 0.3) is 0 Å². The van der Waals surface area contributed by atoms with Crippen molar-refractivity contribution in [1.29, 1.82) is 0 Å². The van der Waals surface area contributed by atoms with E-state index < -0.39 is 255 Å². The van der Waals surface area contributed by atoms with Crippen LogP contribution in [0.5, 0.6) is 0 Å². The van der Waals surface area contributed by atoms with Gasteiger partial charge < -0.3 is 168 Å². The van der Waals surface area contributed by atoms with Gasteiger partial charge in [0, 0.05) is 0 Å². The lowest BCUT2D eigenvalue weighted by atomic mass is 9.95. The van der Waals surface area contributed by atoms with Gasteiger partial charge in [0.05, 0.1) is 46.7 Å². The van der Waals surface area contributed by atoms with E-state index >= 15 is 0 Å². The van der Waals surface area contributed by atoms with Gasteiger partial charge in [0.2, 0.25) is 6.33 Å². The Bertz CT molecular complexity index is 2140. The van der Waals surface area contributed by atoms with E-state index in [-0.39, 0.29) is 6.54 Å². The Labute approximate surface area is 463 Å². The zero-order valence-electron chi connectivity index (χ0n) is 43.4. The van der Waals surface area contributed by atoms with E-state index in [0.29, 0.717) is 0 Å². The molecule has 20 N–H and O–H groups in total. The summed E-state index contributed by atoms with van der Waals surface area (Å²) in [5.41, 5.74) is 0. The average molecular weight is 1200 g/mol. The molecule has 21 saturated heterocycles. The Morgan fingerprint density at radius 3 is 0.634 bits per heavy atom. The monoisotopic (exact) mass is 1200 g/mol. The Balaban J connectivity index is 1.02. The molecule has 22 rings (SSSR count). The molecule has 0 aliphatic carbocycles. The highest BCUT2D eigenvalue weighted by Gasteiger charge is 2.59. The van der Waals surface area contributed by atoms with Crippen LogP contribution in [0.3, 0.4) is 0 Å². The van der Waals surface area contributed by atoms with Crippen molar-refractivity contribution in [2.45, 2.75) is 221 Å². The summed E-state index contributed by atoms with van der Waals surface area (Å²) in [5, 5.41) is 223. The number of aromatic nitrogens is 2. The Kier molecular flexibility index (Phi) is 21.2. The van der Waals surface area contributed by atoms with Gasteiger partial charge in [-0.1, -0.05) is 0 Å². The van der Waals surface area contributed by atoms with Crippen LogP contribution in [0.1, 0.15) is 0 Å². The summed E-state index contributed by atoms with van der Waals surface area (Å²) in [6, 6.07) is 0. The Hall–Kier alpha value is -2.15. The summed E-state index contributed by atoms with van der Waals surface area (Å²) in [6.07, 6.45) is -64.4. The molecule has 0 radical (unpaired) electrons. The van der Waals surface area contributed by atoms with E-state index in [9.17, 15) is 102 Å². The van der Waals surface area contributed by atoms with Gasteiger partial charge in [0.15, 0.2) is 44.0 Å². The zero-order chi connectivity index (χ0) is 59.3. The minimum absolute atomic E-state index is 0.240. The number of nitrogens with zero attached hydrogens (tertiary/aromatic N) is 2. The van der Waals surface area contributed by atoms with Crippen molar-refractivity contribution in [1.82, 2.24) is 4.57 Å². The maximum absolute atomic E-state index is 11.8. The molecule has 0 spiro atoms. The fourth-order valence-electron chi connectivity index (χ4n) is 11.2. The summed E-state index contributed by atoms with van der Waals surface area (Å²) in [6.45, 7) is -6.43. The highest BCUT2D eigenvalue weighted by molar-refractivity contribution is 5.02. The minimum Gasteiger partial charge on any atom is -0.394 e. The fourth-order valence-corrected chi connectivity index (χ4v) is 11.2. The van der Waals surface area contributed by atoms with Crippen molar-refractivity contribution in [3.8, 4) is 0 Å². The lowest BCUT2D eigenvalue weighted by Crippen LogP contribution is -2.68. The highest BCUT2D eigenvalue weighted by atomic mass is 16.8. The third kappa shape index (κ3) is 12.6. The first-order valence-electron chi connectivity index (χ1n) is 26.4. The van der Waals surface area contributed by atoms with Crippen molar-refractivity contribution in [3.63, 3.8) is 0 Å². The molecule has 472 valence electrons. The Morgan fingerprint density at radius 1 is 0.280 bits per heavy atom. The van der Waals surface area contributed by atoms with Gasteiger partial charge in [-0.05, 0) is 0 Å². The number of aliphatic hydroxyl groups is 20. The summed E-state index contributed by atoms with van der Waals surface area (Å²) < 4.78 is 84.4. The van der Waals surface area contributed by atoms with Crippen molar-refractivity contribution < 1.29 is 173 Å². The van der Waals surface area contributed by atoms with Gasteiger partial charge >= 0.3 is 0 Å². The van der Waals surface area contributed by atoms with Crippen molar-refractivity contribution in [3.05, 3.63) is 18.7 Å². The van der Waals surface area contributed by atoms with Crippen LogP contribution in [0.15, 0.2) is 18.7 Å². The second-order valence-electron chi connectivity index (χ2n) is 21.2. The van der Waals surface area contributed by atoms with Crippen LogP contribution < -0.4 is 4.57 Å². The molecule has 36 heteroatoms. The van der Waals surface area contributed by atoms with Gasteiger partial charge in [0.1, 0.15) is 190 Å². The molecule has 35 atom stereocenters. The molecule has 36 nitrogen and oxygen atoms in total. The fraction of sp³-hybridized carbons (Fsp3) is 0.935. The third-order valence-corrected chi connectivity index (χ3v) is 15.8. The number of hydrogen-bond acceptors (Lipinski definition) is 34. The number of aryl methyl sites for hydroxylation is 1. The molecular formula is C46H75N2O34+. The predicted octanol–water partition coefficient (Wildman–Crippen LogP) is -14.9. The maximum atomic E-state index is 11.8. The van der Waals surface area contributed by atoms with Crippen LogP contribution in [-0.2, 0) is 79.9 Å². The van der Waals surface area contributed by atoms with Crippen LogP contribution in [0.25, 0.3) is 0 Å². The number of ether oxygens (including phenoxy) is 14. The normalized spacial score (nSPS) is 52.7. The molecule has 21 aliphatic rings. The first kappa shape index (κ1) is 64.3. The lowest BCUT2D eigenvalue weighted by Gasteiger charge is -2.50. The van der Waals surface area contributed by atoms with Crippen molar-refractivity contribution in [2.24, 2.45) is 7.05 Å². The van der Waals surface area contributed by atoms with Crippen molar-refractivity contribution in [2.75, 3.05) is 39.6 Å². The predicted molar refractivity (Wildman–Crippen MR) is 247 cm³/mol. The van der Waals surface area contributed by atoms with Crippen LogP contribution in [-0.4, -0.2) is 361 Å². The van der Waals surface area contributed by atoms with Gasteiger partial charge in [-0.2, -0.15) is 0 Å². The third-order valence-electron chi connectivity index (χ3n) is 15.8. The van der Waals surface area contributed by atoms with E-state index in [1.54, 1.807) is 30.3 Å². The largest absolute Gasteiger partial charge is 0.394 e. The average Bonchev–Trinajstić information content (AvgIpc) is 3.21. The van der Waals surface area contributed by atoms with Crippen LogP contribution in [0.2, 0.25) is 0 Å². The molecule has 14 bridgehead atoms. The van der Waals surface area contributed by atoms with E-state index in [4.69, 9.17) is 66.3 Å².